The molecule has 26 heavy (non-hydrogen) atoms. The van der Waals surface area contributed by atoms with E-state index in [1.165, 1.54) is 19.3 Å². The number of hydrogen-bond acceptors (Lipinski definition) is 3. The van der Waals surface area contributed by atoms with Crippen molar-refractivity contribution >= 4 is 23.3 Å². The zero-order valence-electron chi connectivity index (χ0n) is 14.8. The van der Waals surface area contributed by atoms with Crippen LogP contribution < -0.4 is 10.1 Å². The zero-order valence-corrected chi connectivity index (χ0v) is 15.6. The van der Waals surface area contributed by atoms with E-state index in [4.69, 9.17) is 16.3 Å². The van der Waals surface area contributed by atoms with Crippen LogP contribution in [-0.4, -0.2) is 23.3 Å². The Morgan fingerprint density at radius 1 is 1.19 bits per heavy atom. The van der Waals surface area contributed by atoms with E-state index < -0.39 is 5.60 Å². The number of amides is 1. The molecule has 1 aromatic carbocycles. The number of carbonyl (C=O) groups is 2. The predicted octanol–water partition coefficient (Wildman–Crippen LogP) is 4.15. The molecule has 1 spiro atoms. The number of Topliss-reactive ketones (excluding diaryl/α,β-unsaturated/α-hetero) is 1. The molecule has 1 N–H and O–H groups in total. The molecule has 3 saturated carbocycles. The van der Waals surface area contributed by atoms with Crippen LogP contribution in [0.1, 0.15) is 61.7 Å². The third-order valence-corrected chi connectivity index (χ3v) is 7.18. The smallest absolute Gasteiger partial charge is 0.224 e. The lowest BCUT2D eigenvalue weighted by atomic mass is 9.84. The largest absolute Gasteiger partial charge is 0.486 e. The van der Waals surface area contributed by atoms with Crippen molar-refractivity contribution in [2.24, 2.45) is 17.8 Å². The molecule has 0 radical (unpaired) electrons. The molecule has 0 saturated heterocycles. The molecule has 0 unspecified atom stereocenters. The van der Waals surface area contributed by atoms with Crippen LogP contribution in [0.4, 0.5) is 0 Å². The average Bonchev–Trinajstić information content (AvgIpc) is 3.28. The fourth-order valence-corrected chi connectivity index (χ4v) is 5.86. The fourth-order valence-electron chi connectivity index (χ4n) is 5.69. The van der Waals surface area contributed by atoms with E-state index in [0.717, 1.165) is 25.7 Å². The van der Waals surface area contributed by atoms with Gasteiger partial charge >= 0.3 is 0 Å². The molecule has 1 aromatic rings. The van der Waals surface area contributed by atoms with E-state index in [1.807, 2.05) is 0 Å². The fraction of sp³-hybridized carbons (Fsp3) is 0.619. The summed E-state index contributed by atoms with van der Waals surface area (Å²) in [6, 6.07) is 5.59. The van der Waals surface area contributed by atoms with Gasteiger partial charge in [0.2, 0.25) is 5.91 Å². The van der Waals surface area contributed by atoms with Gasteiger partial charge in [-0.2, -0.15) is 0 Å². The monoisotopic (exact) mass is 373 g/mol. The van der Waals surface area contributed by atoms with E-state index in [1.54, 1.807) is 18.2 Å². The quantitative estimate of drug-likeness (QED) is 0.847. The Morgan fingerprint density at radius 2 is 2.00 bits per heavy atom. The van der Waals surface area contributed by atoms with Gasteiger partial charge in [-0.3, -0.25) is 9.59 Å². The molecule has 1 amide bonds. The second-order valence-corrected chi connectivity index (χ2v) is 8.94. The number of fused-ring (bicyclic) bond motifs is 3. The first kappa shape index (κ1) is 16.6. The molecule has 4 nitrogen and oxygen atoms in total. The Balaban J connectivity index is 1.33. The third kappa shape index (κ3) is 2.57. The van der Waals surface area contributed by atoms with Crippen molar-refractivity contribution in [3.05, 3.63) is 28.8 Å². The molecular weight excluding hydrogens is 350 g/mol. The van der Waals surface area contributed by atoms with Crippen LogP contribution in [-0.2, 0) is 4.79 Å². The zero-order chi connectivity index (χ0) is 17.9. The summed E-state index contributed by atoms with van der Waals surface area (Å²) in [5.74, 6) is 1.48. The van der Waals surface area contributed by atoms with Gasteiger partial charge in [0.1, 0.15) is 11.4 Å². The molecule has 1 aliphatic heterocycles. The number of benzene rings is 1. The summed E-state index contributed by atoms with van der Waals surface area (Å²) in [6.45, 7) is 0. The molecule has 138 valence electrons. The van der Waals surface area contributed by atoms with Gasteiger partial charge in [-0.05, 0) is 49.8 Å². The summed E-state index contributed by atoms with van der Waals surface area (Å²) < 4.78 is 6.37. The third-order valence-electron chi connectivity index (χ3n) is 6.95. The SMILES string of the molecule is O=C1C[C@]2(CC[C@@H]3[C@@H](C(=O)NC4CCCCC4)[C@H]32)Oc2ccc(Cl)cc21. The Labute approximate surface area is 158 Å². The average molecular weight is 374 g/mol. The summed E-state index contributed by atoms with van der Waals surface area (Å²) in [5, 5.41) is 3.83. The van der Waals surface area contributed by atoms with Gasteiger partial charge in [-0.15, -0.1) is 0 Å². The Kier molecular flexibility index (Phi) is 3.82. The minimum atomic E-state index is -0.489. The number of rotatable bonds is 2. The predicted molar refractivity (Wildman–Crippen MR) is 98.5 cm³/mol. The molecule has 0 aromatic heterocycles. The van der Waals surface area contributed by atoms with Crippen molar-refractivity contribution in [3.63, 3.8) is 0 Å². The van der Waals surface area contributed by atoms with Crippen LogP contribution in [0.15, 0.2) is 18.2 Å². The van der Waals surface area contributed by atoms with Crippen molar-refractivity contribution < 1.29 is 14.3 Å². The first-order chi connectivity index (χ1) is 12.6. The maximum absolute atomic E-state index is 12.8. The van der Waals surface area contributed by atoms with Gasteiger partial charge in [0, 0.05) is 22.9 Å². The van der Waals surface area contributed by atoms with Crippen LogP contribution in [0.25, 0.3) is 0 Å². The lowest BCUT2D eigenvalue weighted by molar-refractivity contribution is -0.125. The maximum atomic E-state index is 12.8. The van der Waals surface area contributed by atoms with Crippen molar-refractivity contribution in [1.29, 1.82) is 0 Å². The molecule has 5 heteroatoms. The summed E-state index contributed by atoms with van der Waals surface area (Å²) in [5.41, 5.74) is 0.0902. The molecule has 5 rings (SSSR count). The summed E-state index contributed by atoms with van der Waals surface area (Å²) in [4.78, 5) is 25.5. The first-order valence-corrected chi connectivity index (χ1v) is 10.3. The van der Waals surface area contributed by atoms with Crippen LogP contribution in [0.2, 0.25) is 5.02 Å². The van der Waals surface area contributed by atoms with Crippen molar-refractivity contribution in [2.75, 3.05) is 0 Å². The van der Waals surface area contributed by atoms with E-state index in [9.17, 15) is 9.59 Å². The summed E-state index contributed by atoms with van der Waals surface area (Å²) in [7, 11) is 0. The number of ketones is 1. The number of hydrogen-bond donors (Lipinski definition) is 1. The number of carbonyl (C=O) groups excluding carboxylic acids is 2. The van der Waals surface area contributed by atoms with Gasteiger partial charge in [-0.25, -0.2) is 0 Å². The number of nitrogens with one attached hydrogen (secondary N) is 1. The number of ether oxygens (including phenoxy) is 1. The van der Waals surface area contributed by atoms with Gasteiger partial charge in [0.05, 0.1) is 12.0 Å². The van der Waals surface area contributed by atoms with Gasteiger partial charge in [0.15, 0.2) is 5.78 Å². The normalized spacial score (nSPS) is 35.6. The van der Waals surface area contributed by atoms with Crippen molar-refractivity contribution in [2.45, 2.75) is 63.0 Å². The van der Waals surface area contributed by atoms with Crippen LogP contribution in [0, 0.1) is 17.8 Å². The minimum absolute atomic E-state index is 0.0207. The molecular formula is C21H24ClNO3. The highest BCUT2D eigenvalue weighted by Crippen LogP contribution is 2.65. The highest BCUT2D eigenvalue weighted by Gasteiger charge is 2.70. The first-order valence-electron chi connectivity index (χ1n) is 9.89. The molecule has 3 aliphatic carbocycles. The van der Waals surface area contributed by atoms with Crippen LogP contribution in [0.3, 0.4) is 0 Å². The van der Waals surface area contributed by atoms with Crippen molar-refractivity contribution in [3.8, 4) is 5.75 Å². The molecule has 1 heterocycles. The lowest BCUT2D eigenvalue weighted by Gasteiger charge is -2.37. The van der Waals surface area contributed by atoms with Gasteiger partial charge in [0.25, 0.3) is 0 Å². The Hall–Kier alpha value is -1.55. The van der Waals surface area contributed by atoms with Gasteiger partial charge < -0.3 is 10.1 Å². The molecule has 0 bridgehead atoms. The maximum Gasteiger partial charge on any atom is 0.224 e. The molecule has 4 aliphatic rings. The van der Waals surface area contributed by atoms with Crippen LogP contribution in [0.5, 0.6) is 5.75 Å². The highest BCUT2D eigenvalue weighted by molar-refractivity contribution is 6.31. The highest BCUT2D eigenvalue weighted by atomic mass is 35.5. The summed E-state index contributed by atoms with van der Waals surface area (Å²) in [6.07, 6.45) is 8.11. The topological polar surface area (TPSA) is 55.4 Å². The second kappa shape index (κ2) is 5.98. The lowest BCUT2D eigenvalue weighted by Crippen LogP contribution is -2.45. The van der Waals surface area contributed by atoms with E-state index in [2.05, 4.69) is 5.32 Å². The van der Waals surface area contributed by atoms with Crippen molar-refractivity contribution in [1.82, 2.24) is 5.32 Å². The Bertz CT molecular complexity index is 773. The van der Waals surface area contributed by atoms with Gasteiger partial charge in [-0.1, -0.05) is 30.9 Å². The number of halogens is 1. The summed E-state index contributed by atoms with van der Waals surface area (Å²) >= 11 is 6.03. The standard InChI is InChI=1S/C21H24ClNO3/c22-12-6-7-17-15(10-12)16(24)11-21(26-17)9-8-14-18(19(14)21)20(25)23-13-4-2-1-3-5-13/h6-7,10,13-14,18-19H,1-5,8-9,11H2,(H,23,25)/t14-,18-,19+,21+/m1/s1. The molecule has 3 fully saturated rings. The van der Waals surface area contributed by atoms with E-state index >= 15 is 0 Å². The second-order valence-electron chi connectivity index (χ2n) is 8.50. The Morgan fingerprint density at radius 3 is 2.81 bits per heavy atom. The van der Waals surface area contributed by atoms with E-state index in [-0.39, 0.29) is 23.5 Å². The molecule has 4 atom stereocenters. The van der Waals surface area contributed by atoms with E-state index in [0.29, 0.717) is 34.7 Å². The van der Waals surface area contributed by atoms with Crippen LogP contribution >= 0.6 is 11.6 Å². The minimum Gasteiger partial charge on any atom is -0.486 e.